The largest absolute Gasteiger partial charge is 0.489 e. The molecule has 1 fully saturated rings. The van der Waals surface area contributed by atoms with Crippen LogP contribution in [0.5, 0.6) is 5.75 Å². The molecule has 9 nitrogen and oxygen atoms in total. The van der Waals surface area contributed by atoms with Gasteiger partial charge in [-0.2, -0.15) is 0 Å². The number of esters is 2. The molecule has 1 N–H and O–H groups in total. The highest BCUT2D eigenvalue weighted by molar-refractivity contribution is 6.01. The third-order valence-electron chi connectivity index (χ3n) is 6.86. The molecule has 1 unspecified atom stereocenters. The van der Waals surface area contributed by atoms with Gasteiger partial charge in [-0.3, -0.25) is 19.3 Å². The molecule has 0 bridgehead atoms. The number of hydrogen-bond donors (Lipinski definition) is 1. The lowest BCUT2D eigenvalue weighted by Crippen LogP contribution is -2.73. The second-order valence-electron chi connectivity index (χ2n) is 9.90. The molecule has 0 saturated carbocycles. The van der Waals surface area contributed by atoms with E-state index < -0.39 is 42.1 Å². The minimum absolute atomic E-state index is 0.0249. The molecule has 1 aliphatic rings. The van der Waals surface area contributed by atoms with Crippen LogP contribution in [-0.2, 0) is 37.1 Å². The Morgan fingerprint density at radius 3 is 1.91 bits per heavy atom. The van der Waals surface area contributed by atoms with Crippen molar-refractivity contribution in [2.75, 3.05) is 0 Å². The predicted molar refractivity (Wildman–Crippen MR) is 156 cm³/mol. The molecule has 5 rings (SSSR count). The lowest BCUT2D eigenvalue weighted by Gasteiger charge is -2.48. The number of rotatable bonds is 11. The van der Waals surface area contributed by atoms with Gasteiger partial charge in [-0.05, 0) is 41.0 Å². The maximum Gasteiger partial charge on any atom is 0.334 e. The monoisotopic (exact) mass is 578 g/mol. The van der Waals surface area contributed by atoms with Crippen LogP contribution in [-0.4, -0.2) is 40.9 Å². The summed E-state index contributed by atoms with van der Waals surface area (Å²) in [6.45, 7) is 1.52. The zero-order valence-corrected chi connectivity index (χ0v) is 23.4. The summed E-state index contributed by atoms with van der Waals surface area (Å²) in [6.07, 6.45) is -1.24. The molecule has 2 amide bonds. The van der Waals surface area contributed by atoms with E-state index in [0.29, 0.717) is 23.5 Å². The maximum absolute atomic E-state index is 13.6. The highest BCUT2D eigenvalue weighted by Gasteiger charge is 2.56. The Hall–Kier alpha value is -5.44. The molecule has 1 aliphatic heterocycles. The third-order valence-corrected chi connectivity index (χ3v) is 6.86. The molecule has 43 heavy (non-hydrogen) atoms. The van der Waals surface area contributed by atoms with Crippen LogP contribution in [0.3, 0.4) is 0 Å². The summed E-state index contributed by atoms with van der Waals surface area (Å²) >= 11 is 0. The average Bonchev–Trinajstić information content (AvgIpc) is 3.05. The number of benzene rings is 4. The molecule has 4 aromatic carbocycles. The van der Waals surface area contributed by atoms with E-state index in [0.717, 1.165) is 16.0 Å². The van der Waals surface area contributed by atoms with Crippen LogP contribution in [0.4, 0.5) is 0 Å². The van der Waals surface area contributed by atoms with Crippen LogP contribution >= 0.6 is 0 Å². The minimum Gasteiger partial charge on any atom is -0.489 e. The highest BCUT2D eigenvalue weighted by Crippen LogP contribution is 2.35. The molecular weight excluding hydrogens is 548 g/mol. The number of hydrogen-bond acceptors (Lipinski definition) is 7. The average molecular weight is 579 g/mol. The molecular formula is C34H30N2O7. The van der Waals surface area contributed by atoms with Gasteiger partial charge < -0.3 is 19.5 Å². The zero-order valence-electron chi connectivity index (χ0n) is 23.4. The minimum atomic E-state index is -1.26. The topological polar surface area (TPSA) is 111 Å². The van der Waals surface area contributed by atoms with Crippen LogP contribution in [0.1, 0.15) is 40.0 Å². The van der Waals surface area contributed by atoms with Gasteiger partial charge in [0.05, 0.1) is 0 Å². The molecule has 3 atom stereocenters. The van der Waals surface area contributed by atoms with Crippen molar-refractivity contribution in [1.29, 1.82) is 0 Å². The van der Waals surface area contributed by atoms with Gasteiger partial charge in [-0.15, -0.1) is 0 Å². The normalized spacial score (nSPS) is 16.4. The molecule has 0 aliphatic carbocycles. The van der Waals surface area contributed by atoms with Gasteiger partial charge >= 0.3 is 11.9 Å². The number of carbonyl (C=O) groups excluding carboxylic acids is 4. The molecule has 0 radical (unpaired) electrons. The summed E-state index contributed by atoms with van der Waals surface area (Å²) < 4.78 is 17.0. The zero-order chi connectivity index (χ0) is 30.2. The lowest BCUT2D eigenvalue weighted by molar-refractivity contribution is -0.201. The van der Waals surface area contributed by atoms with Gasteiger partial charge in [-0.1, -0.05) is 91.0 Å². The SMILES string of the molecule is CC(=O)O[C@H]1[C@H](NC(=O)c2ccccc2)C(=O)N1C(C(=O)OCc1ccccc1)c1ccc(OCc2ccccc2)cc1. The van der Waals surface area contributed by atoms with Crippen molar-refractivity contribution in [3.63, 3.8) is 0 Å². The Balaban J connectivity index is 1.39. The van der Waals surface area contributed by atoms with E-state index in [9.17, 15) is 19.2 Å². The lowest BCUT2D eigenvalue weighted by atomic mass is 9.95. The Bertz CT molecular complexity index is 1560. The quantitative estimate of drug-likeness (QED) is 0.205. The summed E-state index contributed by atoms with van der Waals surface area (Å²) in [5.41, 5.74) is 2.51. The second-order valence-corrected chi connectivity index (χ2v) is 9.90. The molecule has 0 spiro atoms. The number of β-lactam (4-membered cyclic amide) rings is 1. The molecule has 9 heteroatoms. The van der Waals surface area contributed by atoms with Crippen LogP contribution in [0.2, 0.25) is 0 Å². The van der Waals surface area contributed by atoms with Gasteiger partial charge in [0.1, 0.15) is 19.0 Å². The van der Waals surface area contributed by atoms with Gasteiger partial charge in [0.15, 0.2) is 12.1 Å². The first-order valence-corrected chi connectivity index (χ1v) is 13.7. The summed E-state index contributed by atoms with van der Waals surface area (Å²) in [4.78, 5) is 53.2. The molecule has 1 heterocycles. The van der Waals surface area contributed by atoms with E-state index in [-0.39, 0.29) is 6.61 Å². The second kappa shape index (κ2) is 13.5. The van der Waals surface area contributed by atoms with E-state index >= 15 is 0 Å². The van der Waals surface area contributed by atoms with Crippen LogP contribution in [0, 0.1) is 0 Å². The molecule has 218 valence electrons. The summed E-state index contributed by atoms with van der Waals surface area (Å²) in [5.74, 6) is -1.95. The number of nitrogens with zero attached hydrogens (tertiary/aromatic N) is 1. The van der Waals surface area contributed by atoms with Crippen molar-refractivity contribution in [2.45, 2.75) is 38.4 Å². The summed E-state index contributed by atoms with van der Waals surface area (Å²) in [7, 11) is 0. The van der Waals surface area contributed by atoms with E-state index in [1.165, 1.54) is 6.92 Å². The van der Waals surface area contributed by atoms with Crippen molar-refractivity contribution in [3.8, 4) is 5.75 Å². The number of carbonyl (C=O) groups is 4. The van der Waals surface area contributed by atoms with Crippen molar-refractivity contribution < 1.29 is 33.4 Å². The van der Waals surface area contributed by atoms with Crippen molar-refractivity contribution in [3.05, 3.63) is 138 Å². The van der Waals surface area contributed by atoms with Crippen molar-refractivity contribution >= 4 is 23.8 Å². The first-order valence-electron chi connectivity index (χ1n) is 13.7. The van der Waals surface area contributed by atoms with E-state index in [4.69, 9.17) is 14.2 Å². The van der Waals surface area contributed by atoms with Gasteiger partial charge in [0.2, 0.25) is 6.23 Å². The van der Waals surface area contributed by atoms with E-state index in [2.05, 4.69) is 5.32 Å². The standard InChI is InChI=1S/C34H30N2O7/c1-23(37)43-33-29(35-31(38)27-15-9-4-10-16-27)32(39)36(33)30(34(40)42-22-25-13-7-3-8-14-25)26-17-19-28(20-18-26)41-21-24-11-5-2-6-12-24/h2-20,29-30,33H,21-22H2,1H3,(H,35,38)/t29-,30?,33+/m1/s1. The van der Waals surface area contributed by atoms with E-state index in [1.54, 1.807) is 54.6 Å². The van der Waals surface area contributed by atoms with Crippen LogP contribution in [0.25, 0.3) is 0 Å². The summed E-state index contributed by atoms with van der Waals surface area (Å²) in [6, 6.07) is 31.4. The van der Waals surface area contributed by atoms with Crippen molar-refractivity contribution in [2.24, 2.45) is 0 Å². The molecule has 0 aromatic heterocycles. The predicted octanol–water partition coefficient (Wildman–Crippen LogP) is 4.58. The van der Waals surface area contributed by atoms with Crippen LogP contribution < -0.4 is 10.1 Å². The number of amides is 2. The first-order chi connectivity index (χ1) is 20.9. The molecule has 1 saturated heterocycles. The van der Waals surface area contributed by atoms with E-state index in [1.807, 2.05) is 60.7 Å². The fraction of sp³-hybridized carbons (Fsp3) is 0.176. The van der Waals surface area contributed by atoms with Gasteiger partial charge in [0.25, 0.3) is 11.8 Å². The Labute approximate surface area is 249 Å². The Morgan fingerprint density at radius 2 is 1.33 bits per heavy atom. The fourth-order valence-corrected chi connectivity index (χ4v) is 4.71. The Kier molecular flexibility index (Phi) is 9.11. The maximum atomic E-state index is 13.6. The molecule has 4 aromatic rings. The number of ether oxygens (including phenoxy) is 3. The van der Waals surface area contributed by atoms with Crippen LogP contribution in [0.15, 0.2) is 115 Å². The first kappa shape index (κ1) is 29.1. The van der Waals surface area contributed by atoms with Crippen molar-refractivity contribution in [1.82, 2.24) is 10.2 Å². The Morgan fingerprint density at radius 1 is 0.767 bits per heavy atom. The van der Waals surface area contributed by atoms with Gasteiger partial charge in [-0.25, -0.2) is 4.79 Å². The fourth-order valence-electron chi connectivity index (χ4n) is 4.71. The van der Waals surface area contributed by atoms with Gasteiger partial charge in [0, 0.05) is 12.5 Å². The third kappa shape index (κ3) is 7.08. The smallest absolute Gasteiger partial charge is 0.334 e. The summed E-state index contributed by atoms with van der Waals surface area (Å²) in [5, 5.41) is 2.63. The highest BCUT2D eigenvalue weighted by atomic mass is 16.6. The number of likely N-dealkylation sites (tertiary alicyclic amines) is 1. The number of nitrogens with one attached hydrogen (secondary N) is 1.